The van der Waals surface area contributed by atoms with E-state index in [-0.39, 0.29) is 12.6 Å². The number of aliphatic hydroxyl groups is 1. The number of anilines is 2. The van der Waals surface area contributed by atoms with Crippen LogP contribution in [0.15, 0.2) is 0 Å². The van der Waals surface area contributed by atoms with E-state index in [9.17, 15) is 0 Å². The molecule has 19 heavy (non-hydrogen) atoms. The molecule has 1 heterocycles. The van der Waals surface area contributed by atoms with E-state index in [0.717, 1.165) is 42.4 Å². The number of hydrogen-bond acceptors (Lipinski definition) is 5. The highest BCUT2D eigenvalue weighted by atomic mass is 16.3. The first-order chi connectivity index (χ1) is 9.12. The lowest BCUT2D eigenvalue weighted by Crippen LogP contribution is -2.20. The summed E-state index contributed by atoms with van der Waals surface area (Å²) in [6.45, 7) is 9.27. The van der Waals surface area contributed by atoms with Crippen LogP contribution in [0, 0.1) is 6.92 Å². The van der Waals surface area contributed by atoms with Crippen molar-refractivity contribution in [2.75, 3.05) is 23.8 Å². The van der Waals surface area contributed by atoms with Gasteiger partial charge in [-0.1, -0.05) is 6.92 Å². The monoisotopic (exact) mass is 266 g/mol. The average molecular weight is 266 g/mol. The SMILES string of the molecule is CCCc1nc(NCC)c(C)c(NC(C)CCO)n1. The predicted octanol–water partition coefficient (Wildman–Crippen LogP) is 2.35. The summed E-state index contributed by atoms with van der Waals surface area (Å²) >= 11 is 0. The lowest BCUT2D eigenvalue weighted by Gasteiger charge is -2.18. The Morgan fingerprint density at radius 1 is 1.21 bits per heavy atom. The third kappa shape index (κ3) is 4.67. The first kappa shape index (κ1) is 15.7. The maximum Gasteiger partial charge on any atom is 0.134 e. The zero-order valence-corrected chi connectivity index (χ0v) is 12.5. The Morgan fingerprint density at radius 2 is 1.89 bits per heavy atom. The lowest BCUT2D eigenvalue weighted by molar-refractivity contribution is 0.282. The molecule has 0 aliphatic heterocycles. The molecule has 108 valence electrons. The molecule has 0 saturated heterocycles. The van der Waals surface area contributed by atoms with Crippen LogP contribution in [0.2, 0.25) is 0 Å². The van der Waals surface area contributed by atoms with Gasteiger partial charge < -0.3 is 15.7 Å². The molecule has 1 aromatic heterocycles. The van der Waals surface area contributed by atoms with E-state index in [4.69, 9.17) is 5.11 Å². The Hall–Kier alpha value is -1.36. The van der Waals surface area contributed by atoms with Crippen molar-refractivity contribution in [3.05, 3.63) is 11.4 Å². The average Bonchev–Trinajstić information content (AvgIpc) is 2.36. The molecule has 1 unspecified atom stereocenters. The van der Waals surface area contributed by atoms with Crippen molar-refractivity contribution in [2.24, 2.45) is 0 Å². The smallest absolute Gasteiger partial charge is 0.134 e. The van der Waals surface area contributed by atoms with Crippen molar-refractivity contribution >= 4 is 11.6 Å². The summed E-state index contributed by atoms with van der Waals surface area (Å²) in [4.78, 5) is 9.14. The van der Waals surface area contributed by atoms with Gasteiger partial charge in [0, 0.05) is 31.2 Å². The fourth-order valence-electron chi connectivity index (χ4n) is 1.88. The van der Waals surface area contributed by atoms with Crippen LogP contribution in [0.4, 0.5) is 11.6 Å². The van der Waals surface area contributed by atoms with Gasteiger partial charge >= 0.3 is 0 Å². The summed E-state index contributed by atoms with van der Waals surface area (Å²) in [7, 11) is 0. The summed E-state index contributed by atoms with van der Waals surface area (Å²) in [5, 5.41) is 15.6. The van der Waals surface area contributed by atoms with Gasteiger partial charge in [0.1, 0.15) is 17.5 Å². The Balaban J connectivity index is 2.99. The van der Waals surface area contributed by atoms with Crippen molar-refractivity contribution in [3.8, 4) is 0 Å². The number of aliphatic hydroxyl groups excluding tert-OH is 1. The van der Waals surface area contributed by atoms with Crippen LogP contribution in [-0.2, 0) is 6.42 Å². The van der Waals surface area contributed by atoms with Crippen LogP contribution in [-0.4, -0.2) is 34.3 Å². The second kappa shape index (κ2) is 7.94. The molecule has 0 aliphatic carbocycles. The quantitative estimate of drug-likeness (QED) is 0.674. The van der Waals surface area contributed by atoms with Gasteiger partial charge in [0.25, 0.3) is 0 Å². The standard InChI is InChI=1S/C14H26N4O/c1-5-7-12-17-13(15-6-2)11(4)14(18-12)16-10(3)8-9-19/h10,19H,5-9H2,1-4H3,(H2,15,16,17,18). The van der Waals surface area contributed by atoms with Gasteiger partial charge in [0.05, 0.1) is 0 Å². The fraction of sp³-hybridized carbons (Fsp3) is 0.714. The Labute approximate surface area is 115 Å². The Kier molecular flexibility index (Phi) is 6.56. The van der Waals surface area contributed by atoms with Crippen molar-refractivity contribution in [1.29, 1.82) is 0 Å². The van der Waals surface area contributed by atoms with Crippen LogP contribution in [0.3, 0.4) is 0 Å². The molecule has 0 amide bonds. The normalized spacial score (nSPS) is 12.3. The maximum atomic E-state index is 8.98. The molecule has 0 saturated carbocycles. The molecule has 3 N–H and O–H groups in total. The first-order valence-electron chi connectivity index (χ1n) is 7.11. The van der Waals surface area contributed by atoms with Crippen LogP contribution in [0.25, 0.3) is 0 Å². The van der Waals surface area contributed by atoms with Gasteiger partial charge in [0.2, 0.25) is 0 Å². The third-order valence-corrected chi connectivity index (χ3v) is 2.96. The first-order valence-corrected chi connectivity index (χ1v) is 7.11. The highest BCUT2D eigenvalue weighted by molar-refractivity contribution is 5.57. The second-order valence-corrected chi connectivity index (χ2v) is 4.80. The zero-order chi connectivity index (χ0) is 14.3. The van der Waals surface area contributed by atoms with Crippen molar-refractivity contribution < 1.29 is 5.11 Å². The van der Waals surface area contributed by atoms with Gasteiger partial charge in [-0.3, -0.25) is 0 Å². The molecule has 5 heteroatoms. The summed E-state index contributed by atoms with van der Waals surface area (Å²) in [6, 6.07) is 0.197. The topological polar surface area (TPSA) is 70.1 Å². The molecule has 1 atom stereocenters. The van der Waals surface area contributed by atoms with Crippen LogP contribution in [0.5, 0.6) is 0 Å². The van der Waals surface area contributed by atoms with Gasteiger partial charge in [-0.2, -0.15) is 0 Å². The van der Waals surface area contributed by atoms with E-state index in [1.54, 1.807) is 0 Å². The van der Waals surface area contributed by atoms with Crippen LogP contribution < -0.4 is 10.6 Å². The molecule has 0 aromatic carbocycles. The van der Waals surface area contributed by atoms with E-state index in [1.165, 1.54) is 0 Å². The zero-order valence-electron chi connectivity index (χ0n) is 12.5. The minimum Gasteiger partial charge on any atom is -0.396 e. The Morgan fingerprint density at radius 3 is 2.47 bits per heavy atom. The lowest BCUT2D eigenvalue weighted by atomic mass is 10.2. The number of aromatic nitrogens is 2. The van der Waals surface area contributed by atoms with Gasteiger partial charge in [0.15, 0.2) is 0 Å². The number of rotatable bonds is 8. The van der Waals surface area contributed by atoms with Crippen molar-refractivity contribution in [3.63, 3.8) is 0 Å². The molecule has 1 aromatic rings. The number of nitrogens with one attached hydrogen (secondary N) is 2. The molecule has 1 rings (SSSR count). The van der Waals surface area contributed by atoms with Gasteiger partial charge in [-0.25, -0.2) is 9.97 Å². The third-order valence-electron chi connectivity index (χ3n) is 2.96. The molecule has 0 fully saturated rings. The summed E-state index contributed by atoms with van der Waals surface area (Å²) in [5.74, 6) is 2.64. The number of nitrogens with zero attached hydrogens (tertiary/aromatic N) is 2. The van der Waals surface area contributed by atoms with Crippen LogP contribution in [0.1, 0.15) is 45.0 Å². The summed E-state index contributed by atoms with van der Waals surface area (Å²) in [6.07, 6.45) is 2.62. The minimum atomic E-state index is 0.181. The van der Waals surface area contributed by atoms with Gasteiger partial charge in [-0.15, -0.1) is 0 Å². The van der Waals surface area contributed by atoms with E-state index < -0.39 is 0 Å². The molecule has 0 spiro atoms. The number of hydrogen-bond donors (Lipinski definition) is 3. The van der Waals surface area contributed by atoms with E-state index in [2.05, 4.69) is 34.4 Å². The molecular weight excluding hydrogens is 240 g/mol. The second-order valence-electron chi connectivity index (χ2n) is 4.80. The number of aryl methyl sites for hydroxylation is 1. The predicted molar refractivity (Wildman–Crippen MR) is 79.7 cm³/mol. The highest BCUT2D eigenvalue weighted by Gasteiger charge is 2.12. The summed E-state index contributed by atoms with van der Waals surface area (Å²) < 4.78 is 0. The minimum absolute atomic E-state index is 0.181. The maximum absolute atomic E-state index is 8.98. The molecule has 0 radical (unpaired) electrons. The van der Waals surface area contributed by atoms with Gasteiger partial charge in [-0.05, 0) is 33.6 Å². The Bertz CT molecular complexity index is 395. The largest absolute Gasteiger partial charge is 0.396 e. The molecular formula is C14H26N4O. The van der Waals surface area contributed by atoms with E-state index in [0.29, 0.717) is 6.42 Å². The molecule has 0 aliphatic rings. The summed E-state index contributed by atoms with van der Waals surface area (Å²) in [5.41, 5.74) is 1.03. The van der Waals surface area contributed by atoms with E-state index in [1.807, 2.05) is 13.8 Å². The highest BCUT2D eigenvalue weighted by Crippen LogP contribution is 2.21. The van der Waals surface area contributed by atoms with Crippen LogP contribution >= 0.6 is 0 Å². The van der Waals surface area contributed by atoms with Crippen molar-refractivity contribution in [2.45, 2.75) is 53.0 Å². The molecule has 0 bridgehead atoms. The van der Waals surface area contributed by atoms with E-state index >= 15 is 0 Å². The molecule has 5 nitrogen and oxygen atoms in total. The fourth-order valence-corrected chi connectivity index (χ4v) is 1.88. The van der Waals surface area contributed by atoms with Crippen molar-refractivity contribution in [1.82, 2.24) is 9.97 Å².